The number of methoxy groups -OCH3 is 1. The Morgan fingerprint density at radius 1 is 1.00 bits per heavy atom. The number of aromatic nitrogens is 2. The summed E-state index contributed by atoms with van der Waals surface area (Å²) in [7, 11) is 1.53. The van der Waals surface area contributed by atoms with E-state index in [0.29, 0.717) is 27.9 Å². The minimum atomic E-state index is -0.818. The quantitative estimate of drug-likeness (QED) is 0.332. The zero-order valence-electron chi connectivity index (χ0n) is 18.2. The van der Waals surface area contributed by atoms with Gasteiger partial charge >= 0.3 is 0 Å². The van der Waals surface area contributed by atoms with Crippen LogP contribution in [0.4, 0.5) is 5.13 Å². The highest BCUT2D eigenvalue weighted by Gasteiger charge is 2.23. The lowest BCUT2D eigenvalue weighted by Gasteiger charge is -2.18. The lowest BCUT2D eigenvalue weighted by atomic mass is 10.0. The lowest BCUT2D eigenvalue weighted by molar-refractivity contribution is -0.118. The van der Waals surface area contributed by atoms with E-state index in [1.807, 2.05) is 54.6 Å². The maximum absolute atomic E-state index is 13.2. The summed E-state index contributed by atoms with van der Waals surface area (Å²) in [6.45, 7) is 0. The van der Waals surface area contributed by atoms with Crippen LogP contribution in [0, 0.1) is 0 Å². The number of benzene rings is 3. The van der Waals surface area contributed by atoms with Crippen LogP contribution in [-0.2, 0) is 11.2 Å². The summed E-state index contributed by atoms with van der Waals surface area (Å²) in [4.78, 5) is 26.1. The normalized spacial score (nSPS) is 11.5. The van der Waals surface area contributed by atoms with Crippen LogP contribution in [0.2, 0.25) is 0 Å². The van der Waals surface area contributed by atoms with Crippen LogP contribution in [0.1, 0.15) is 15.9 Å². The molecule has 4 aromatic rings. The SMILES string of the molecule is COc1cccc(C(=O)NC(Cc2ccccc2)C(=O)Nc2nnc(-c3ccc(Br)cc3)s2)c1. The van der Waals surface area contributed by atoms with Gasteiger partial charge in [-0.3, -0.25) is 14.9 Å². The monoisotopic (exact) mass is 536 g/mol. The first-order valence-corrected chi connectivity index (χ1v) is 12.0. The van der Waals surface area contributed by atoms with Gasteiger partial charge in [-0.05, 0) is 35.9 Å². The Morgan fingerprint density at radius 3 is 2.50 bits per heavy atom. The van der Waals surface area contributed by atoms with Gasteiger partial charge in [-0.15, -0.1) is 10.2 Å². The number of hydrogen-bond acceptors (Lipinski definition) is 6. The molecule has 4 rings (SSSR count). The first-order valence-electron chi connectivity index (χ1n) is 10.4. The van der Waals surface area contributed by atoms with Gasteiger partial charge in [0.2, 0.25) is 11.0 Å². The topological polar surface area (TPSA) is 93.2 Å². The Bertz CT molecular complexity index is 1280. The summed E-state index contributed by atoms with van der Waals surface area (Å²) < 4.78 is 6.16. The van der Waals surface area contributed by atoms with Gasteiger partial charge in [0, 0.05) is 22.0 Å². The molecule has 34 heavy (non-hydrogen) atoms. The summed E-state index contributed by atoms with van der Waals surface area (Å²) in [6, 6.07) is 23.1. The maximum atomic E-state index is 13.2. The van der Waals surface area contributed by atoms with E-state index in [2.05, 4.69) is 36.8 Å². The molecule has 0 spiro atoms. The third kappa shape index (κ3) is 6.06. The van der Waals surface area contributed by atoms with Crippen molar-refractivity contribution in [1.29, 1.82) is 0 Å². The zero-order valence-corrected chi connectivity index (χ0v) is 20.6. The van der Waals surface area contributed by atoms with Crippen LogP contribution in [0.25, 0.3) is 10.6 Å². The van der Waals surface area contributed by atoms with E-state index >= 15 is 0 Å². The lowest BCUT2D eigenvalue weighted by Crippen LogP contribution is -2.45. The van der Waals surface area contributed by atoms with Crippen molar-refractivity contribution in [2.75, 3.05) is 12.4 Å². The van der Waals surface area contributed by atoms with Crippen molar-refractivity contribution in [2.24, 2.45) is 0 Å². The minimum absolute atomic E-state index is 0.320. The van der Waals surface area contributed by atoms with Gasteiger partial charge in [-0.2, -0.15) is 0 Å². The van der Waals surface area contributed by atoms with Crippen molar-refractivity contribution in [3.63, 3.8) is 0 Å². The van der Waals surface area contributed by atoms with Gasteiger partial charge in [0.1, 0.15) is 16.8 Å². The predicted molar refractivity (Wildman–Crippen MR) is 136 cm³/mol. The highest BCUT2D eigenvalue weighted by atomic mass is 79.9. The average Bonchev–Trinajstić information content (AvgIpc) is 3.33. The molecule has 0 aliphatic rings. The minimum Gasteiger partial charge on any atom is -0.497 e. The van der Waals surface area contributed by atoms with Crippen LogP contribution in [0.15, 0.2) is 83.3 Å². The number of rotatable bonds is 8. The number of carbonyl (C=O) groups excluding carboxylic acids is 2. The molecular formula is C25H21BrN4O3S. The Labute approximate surface area is 209 Å². The summed E-state index contributed by atoms with van der Waals surface area (Å²) in [5, 5.41) is 15.0. The third-order valence-electron chi connectivity index (χ3n) is 4.98. The Balaban J connectivity index is 1.51. The number of nitrogens with one attached hydrogen (secondary N) is 2. The number of carbonyl (C=O) groups is 2. The number of amides is 2. The van der Waals surface area contributed by atoms with E-state index in [1.54, 1.807) is 24.3 Å². The van der Waals surface area contributed by atoms with Crippen molar-refractivity contribution in [1.82, 2.24) is 15.5 Å². The number of halogens is 1. The summed E-state index contributed by atoms with van der Waals surface area (Å²) >= 11 is 4.68. The second-order valence-electron chi connectivity index (χ2n) is 7.36. The molecule has 9 heteroatoms. The zero-order chi connectivity index (χ0) is 23.9. The van der Waals surface area contributed by atoms with E-state index < -0.39 is 6.04 Å². The van der Waals surface area contributed by atoms with Crippen LogP contribution in [0.5, 0.6) is 5.75 Å². The van der Waals surface area contributed by atoms with Gasteiger partial charge in [0.05, 0.1) is 7.11 Å². The Kier molecular flexibility index (Phi) is 7.66. The molecule has 2 amide bonds. The molecule has 0 bridgehead atoms. The summed E-state index contributed by atoms with van der Waals surface area (Å²) in [6.07, 6.45) is 0.320. The molecule has 2 N–H and O–H groups in total. The molecule has 0 radical (unpaired) electrons. The Morgan fingerprint density at radius 2 is 1.76 bits per heavy atom. The van der Waals surface area contributed by atoms with Crippen molar-refractivity contribution in [3.8, 4) is 16.3 Å². The molecule has 0 fully saturated rings. The van der Waals surface area contributed by atoms with Crippen LogP contribution in [0.3, 0.4) is 0 Å². The van der Waals surface area contributed by atoms with E-state index in [4.69, 9.17) is 4.74 Å². The fraction of sp³-hybridized carbons (Fsp3) is 0.120. The van der Waals surface area contributed by atoms with Crippen LogP contribution in [-0.4, -0.2) is 35.2 Å². The third-order valence-corrected chi connectivity index (χ3v) is 6.40. The van der Waals surface area contributed by atoms with Crippen molar-refractivity contribution >= 4 is 44.2 Å². The largest absolute Gasteiger partial charge is 0.497 e. The Hall–Kier alpha value is -3.56. The highest BCUT2D eigenvalue weighted by molar-refractivity contribution is 9.10. The summed E-state index contributed by atoms with van der Waals surface area (Å²) in [5.74, 6) is -0.188. The molecule has 0 aliphatic heterocycles. The molecule has 0 saturated carbocycles. The fourth-order valence-electron chi connectivity index (χ4n) is 3.24. The van der Waals surface area contributed by atoms with Gasteiger partial charge in [-0.25, -0.2) is 0 Å². The standard InChI is InChI=1S/C25H21BrN4O3S/c1-33-20-9-5-8-18(15-20)22(31)27-21(14-16-6-3-2-4-7-16)23(32)28-25-30-29-24(34-25)17-10-12-19(26)13-11-17/h2-13,15,21H,14H2,1H3,(H,27,31)(H,28,30,32). The van der Waals surface area contributed by atoms with E-state index in [9.17, 15) is 9.59 Å². The number of anilines is 1. The van der Waals surface area contributed by atoms with Gasteiger partial charge < -0.3 is 10.1 Å². The van der Waals surface area contributed by atoms with Gasteiger partial charge in [0.25, 0.3) is 5.91 Å². The van der Waals surface area contributed by atoms with E-state index in [-0.39, 0.29) is 11.8 Å². The molecule has 3 aromatic carbocycles. The van der Waals surface area contributed by atoms with Gasteiger partial charge in [0.15, 0.2) is 0 Å². The number of nitrogens with zero attached hydrogens (tertiary/aromatic N) is 2. The molecule has 1 atom stereocenters. The van der Waals surface area contributed by atoms with Crippen molar-refractivity contribution < 1.29 is 14.3 Å². The number of hydrogen-bond donors (Lipinski definition) is 2. The first kappa shape index (κ1) is 23.6. The smallest absolute Gasteiger partial charge is 0.252 e. The van der Waals surface area contributed by atoms with Crippen molar-refractivity contribution in [3.05, 3.63) is 94.5 Å². The number of ether oxygens (including phenoxy) is 1. The molecule has 0 saturated heterocycles. The molecule has 0 aliphatic carbocycles. The first-order chi connectivity index (χ1) is 16.5. The summed E-state index contributed by atoms with van der Waals surface area (Å²) in [5.41, 5.74) is 2.22. The molecule has 172 valence electrons. The molecule has 1 unspecified atom stereocenters. The van der Waals surface area contributed by atoms with Crippen molar-refractivity contribution in [2.45, 2.75) is 12.5 Å². The van der Waals surface area contributed by atoms with Crippen LogP contribution < -0.4 is 15.4 Å². The maximum Gasteiger partial charge on any atom is 0.252 e. The fourth-order valence-corrected chi connectivity index (χ4v) is 4.26. The van der Waals surface area contributed by atoms with E-state index in [0.717, 1.165) is 15.6 Å². The van der Waals surface area contributed by atoms with E-state index in [1.165, 1.54) is 18.4 Å². The molecule has 1 aromatic heterocycles. The molecule has 7 nitrogen and oxygen atoms in total. The predicted octanol–water partition coefficient (Wildman–Crippen LogP) is 4.96. The second kappa shape index (κ2) is 11.0. The van der Waals surface area contributed by atoms with Gasteiger partial charge in [-0.1, -0.05) is 75.8 Å². The highest BCUT2D eigenvalue weighted by Crippen LogP contribution is 2.27. The van der Waals surface area contributed by atoms with Crippen LogP contribution >= 0.6 is 27.3 Å². The second-order valence-corrected chi connectivity index (χ2v) is 9.25. The molecular weight excluding hydrogens is 516 g/mol. The average molecular weight is 537 g/mol. The molecule has 1 heterocycles.